The topological polar surface area (TPSA) is 66.8 Å². The number of hydrogen-bond acceptors (Lipinski definition) is 4. The Morgan fingerprint density at radius 2 is 2.21 bits per heavy atom. The van der Waals surface area contributed by atoms with Crippen molar-refractivity contribution in [3.8, 4) is 0 Å². The number of ether oxygens (including phenoxy) is 1. The summed E-state index contributed by atoms with van der Waals surface area (Å²) in [6, 6.07) is 0. The molecule has 1 aliphatic heterocycles. The lowest BCUT2D eigenvalue weighted by molar-refractivity contribution is -0.142. The summed E-state index contributed by atoms with van der Waals surface area (Å²) in [5.41, 5.74) is 0. The molecule has 3 atom stereocenters. The van der Waals surface area contributed by atoms with Gasteiger partial charge in [-0.3, -0.25) is 4.79 Å². The maximum absolute atomic E-state index is 10.8. The minimum atomic E-state index is -0.472. The fourth-order valence-electron chi connectivity index (χ4n) is 1.60. The molecule has 0 bridgehead atoms. The standard InChI is InChI=1S/C10H18O4/c1-7(11)2-3-8(12)6-9-4-5-10(13)14-9/h7-9,11-12H,2-6H2,1H3/t7-,8+,9+/m0/s1. The summed E-state index contributed by atoms with van der Waals surface area (Å²) in [4.78, 5) is 10.8. The van der Waals surface area contributed by atoms with Crippen molar-refractivity contribution in [1.29, 1.82) is 0 Å². The van der Waals surface area contributed by atoms with Crippen LogP contribution in [0.4, 0.5) is 0 Å². The molecule has 1 rings (SSSR count). The molecule has 0 saturated carbocycles. The van der Waals surface area contributed by atoms with Gasteiger partial charge < -0.3 is 14.9 Å². The molecule has 0 aliphatic carbocycles. The van der Waals surface area contributed by atoms with E-state index in [0.29, 0.717) is 32.1 Å². The van der Waals surface area contributed by atoms with Gasteiger partial charge in [-0.15, -0.1) is 0 Å². The van der Waals surface area contributed by atoms with Gasteiger partial charge in [0, 0.05) is 12.8 Å². The van der Waals surface area contributed by atoms with Gasteiger partial charge in [0.05, 0.1) is 12.2 Å². The minimum absolute atomic E-state index is 0.119. The maximum Gasteiger partial charge on any atom is 0.306 e. The summed E-state index contributed by atoms with van der Waals surface area (Å²) >= 11 is 0. The Morgan fingerprint density at radius 3 is 2.71 bits per heavy atom. The van der Waals surface area contributed by atoms with Crippen LogP contribution in [0.5, 0.6) is 0 Å². The highest BCUT2D eigenvalue weighted by Gasteiger charge is 2.25. The molecule has 1 saturated heterocycles. The van der Waals surface area contributed by atoms with E-state index in [2.05, 4.69) is 0 Å². The molecule has 82 valence electrons. The average Bonchev–Trinajstić information content (AvgIpc) is 2.48. The van der Waals surface area contributed by atoms with Crippen molar-refractivity contribution in [2.75, 3.05) is 0 Å². The quantitative estimate of drug-likeness (QED) is 0.641. The van der Waals surface area contributed by atoms with Crippen molar-refractivity contribution in [3.63, 3.8) is 0 Å². The average molecular weight is 202 g/mol. The largest absolute Gasteiger partial charge is 0.462 e. The van der Waals surface area contributed by atoms with E-state index in [0.717, 1.165) is 0 Å². The van der Waals surface area contributed by atoms with E-state index in [-0.39, 0.29) is 18.2 Å². The first-order chi connectivity index (χ1) is 6.58. The normalized spacial score (nSPS) is 25.9. The Kier molecular flexibility index (Phi) is 4.35. The van der Waals surface area contributed by atoms with Crippen LogP contribution in [0.3, 0.4) is 0 Å². The van der Waals surface area contributed by atoms with Crippen LogP contribution in [0.1, 0.15) is 39.0 Å². The third-order valence-corrected chi connectivity index (χ3v) is 2.42. The number of hydrogen-bond donors (Lipinski definition) is 2. The summed E-state index contributed by atoms with van der Waals surface area (Å²) < 4.78 is 4.98. The highest BCUT2D eigenvalue weighted by atomic mass is 16.5. The summed E-state index contributed by atoms with van der Waals surface area (Å²) in [7, 11) is 0. The van der Waals surface area contributed by atoms with Gasteiger partial charge >= 0.3 is 5.97 Å². The first-order valence-electron chi connectivity index (χ1n) is 5.13. The predicted octanol–water partition coefficient (Wildman–Crippen LogP) is 0.604. The minimum Gasteiger partial charge on any atom is -0.462 e. The fourth-order valence-corrected chi connectivity index (χ4v) is 1.60. The molecule has 0 amide bonds. The molecule has 1 aliphatic rings. The first kappa shape index (κ1) is 11.5. The summed E-state index contributed by atoms with van der Waals surface area (Å²) in [5.74, 6) is -0.169. The molecule has 2 N–H and O–H groups in total. The Hall–Kier alpha value is -0.610. The highest BCUT2D eigenvalue weighted by molar-refractivity contribution is 5.71. The number of aliphatic hydroxyl groups excluding tert-OH is 2. The van der Waals surface area contributed by atoms with E-state index in [4.69, 9.17) is 9.84 Å². The maximum atomic E-state index is 10.8. The molecule has 0 spiro atoms. The molecule has 4 nitrogen and oxygen atoms in total. The van der Waals surface area contributed by atoms with Crippen LogP contribution in [0, 0.1) is 0 Å². The van der Waals surface area contributed by atoms with Crippen LogP contribution in [0.2, 0.25) is 0 Å². The molecule has 0 aromatic heterocycles. The van der Waals surface area contributed by atoms with Gasteiger partial charge in [-0.05, 0) is 26.2 Å². The van der Waals surface area contributed by atoms with Crippen LogP contribution in [0.15, 0.2) is 0 Å². The second-order valence-electron chi connectivity index (χ2n) is 3.97. The molecule has 14 heavy (non-hydrogen) atoms. The number of rotatable bonds is 5. The predicted molar refractivity (Wildman–Crippen MR) is 50.7 cm³/mol. The molecule has 4 heteroatoms. The fraction of sp³-hybridized carbons (Fsp3) is 0.900. The number of carbonyl (C=O) groups excluding carboxylic acids is 1. The van der Waals surface area contributed by atoms with E-state index in [1.807, 2.05) is 0 Å². The van der Waals surface area contributed by atoms with Crippen LogP contribution >= 0.6 is 0 Å². The summed E-state index contributed by atoms with van der Waals surface area (Å²) in [6.45, 7) is 1.70. The van der Waals surface area contributed by atoms with Crippen LogP contribution < -0.4 is 0 Å². The second kappa shape index (κ2) is 5.32. The van der Waals surface area contributed by atoms with Gasteiger partial charge in [-0.25, -0.2) is 0 Å². The molecule has 0 unspecified atom stereocenters. The van der Waals surface area contributed by atoms with Crippen molar-refractivity contribution in [2.24, 2.45) is 0 Å². The number of esters is 1. The van der Waals surface area contributed by atoms with Gasteiger partial charge in [0.2, 0.25) is 0 Å². The summed E-state index contributed by atoms with van der Waals surface area (Å²) in [6.07, 6.45) is 1.85. The van der Waals surface area contributed by atoms with E-state index >= 15 is 0 Å². The van der Waals surface area contributed by atoms with Crippen molar-refractivity contribution in [1.82, 2.24) is 0 Å². The van der Waals surface area contributed by atoms with Crippen LogP contribution in [0.25, 0.3) is 0 Å². The third kappa shape index (κ3) is 4.07. The van der Waals surface area contributed by atoms with Gasteiger partial charge in [0.15, 0.2) is 0 Å². The smallest absolute Gasteiger partial charge is 0.306 e. The van der Waals surface area contributed by atoms with Gasteiger partial charge in [0.25, 0.3) is 0 Å². The highest BCUT2D eigenvalue weighted by Crippen LogP contribution is 2.20. The molecule has 1 fully saturated rings. The molecule has 1 heterocycles. The summed E-state index contributed by atoms with van der Waals surface area (Å²) in [5, 5.41) is 18.6. The molecular formula is C10H18O4. The Balaban J connectivity index is 2.13. The molecular weight excluding hydrogens is 184 g/mol. The van der Waals surface area contributed by atoms with Crippen molar-refractivity contribution in [3.05, 3.63) is 0 Å². The number of carbonyl (C=O) groups is 1. The lowest BCUT2D eigenvalue weighted by Gasteiger charge is -2.15. The van der Waals surface area contributed by atoms with Gasteiger partial charge in [-0.2, -0.15) is 0 Å². The van der Waals surface area contributed by atoms with Crippen molar-refractivity contribution >= 4 is 5.97 Å². The van der Waals surface area contributed by atoms with Crippen molar-refractivity contribution in [2.45, 2.75) is 57.3 Å². The van der Waals surface area contributed by atoms with E-state index in [1.54, 1.807) is 6.92 Å². The second-order valence-corrected chi connectivity index (χ2v) is 3.97. The molecule has 0 aromatic carbocycles. The SMILES string of the molecule is C[C@H](O)CC[C@@H](O)C[C@H]1CCC(=O)O1. The Morgan fingerprint density at radius 1 is 1.50 bits per heavy atom. The monoisotopic (exact) mass is 202 g/mol. The van der Waals surface area contributed by atoms with E-state index in [9.17, 15) is 9.90 Å². The Bertz CT molecular complexity index is 191. The number of cyclic esters (lactones) is 1. The zero-order valence-corrected chi connectivity index (χ0v) is 8.48. The number of aliphatic hydroxyl groups is 2. The van der Waals surface area contributed by atoms with Crippen LogP contribution in [-0.4, -0.2) is 34.5 Å². The van der Waals surface area contributed by atoms with Crippen molar-refractivity contribution < 1.29 is 19.7 Å². The van der Waals surface area contributed by atoms with E-state index in [1.165, 1.54) is 0 Å². The van der Waals surface area contributed by atoms with Crippen LogP contribution in [-0.2, 0) is 9.53 Å². The zero-order valence-electron chi connectivity index (χ0n) is 8.48. The van der Waals surface area contributed by atoms with Gasteiger partial charge in [-0.1, -0.05) is 0 Å². The molecule has 0 aromatic rings. The lowest BCUT2D eigenvalue weighted by atomic mass is 10.0. The Labute approximate surface area is 83.9 Å². The van der Waals surface area contributed by atoms with E-state index < -0.39 is 6.10 Å². The lowest BCUT2D eigenvalue weighted by Crippen LogP contribution is -2.19. The first-order valence-corrected chi connectivity index (χ1v) is 5.13. The molecule has 0 radical (unpaired) electrons. The third-order valence-electron chi connectivity index (χ3n) is 2.42. The zero-order chi connectivity index (χ0) is 10.6. The van der Waals surface area contributed by atoms with Gasteiger partial charge in [0.1, 0.15) is 6.10 Å².